The molecule has 2 N–H and O–H groups in total. The maximum Gasteiger partial charge on any atom is 0.442 e. The Morgan fingerprint density at radius 2 is 1.41 bits per heavy atom. The lowest BCUT2D eigenvalue weighted by Crippen LogP contribution is -2.30. The first-order valence-corrected chi connectivity index (χ1v) is 13.5. The Morgan fingerprint density at radius 3 is 1.92 bits per heavy atom. The molecule has 0 aliphatic carbocycles. The number of hydrogen-bond acceptors (Lipinski definition) is 5. The third-order valence-electron chi connectivity index (χ3n) is 6.54. The van der Waals surface area contributed by atoms with E-state index >= 15 is 0 Å². The fourth-order valence-electron chi connectivity index (χ4n) is 4.21. The lowest BCUT2D eigenvalue weighted by Gasteiger charge is -2.17. The number of alkyl halides is 3. The molecule has 37 heavy (non-hydrogen) atoms. The summed E-state index contributed by atoms with van der Waals surface area (Å²) in [4.78, 5) is 10.4. The number of carbonyl (C=O) groups is 1. The summed E-state index contributed by atoms with van der Waals surface area (Å²) in [7, 11) is 0. The number of hydrogen-bond donors (Lipinski definition) is 2. The standard InChI is InChI=1S/C28H41F3N2O4/c29-28(30,31)27(32-33-27)24-19-18-23(22-34)25(21-24)37-20-16-14-12-10-8-6-4-2-1-3-5-7-9-11-13-15-17-26(35)36/h1-2,18-19,21,34H,3-17,20,22H2,(H,35,36)/b2-1-. The maximum atomic E-state index is 13.2. The number of carboxylic acid groups (broad SMARTS) is 1. The molecular weight excluding hydrogens is 485 g/mol. The number of carboxylic acids is 1. The fraction of sp³-hybridized carbons (Fsp3) is 0.679. The summed E-state index contributed by atoms with van der Waals surface area (Å²) in [6.07, 6.45) is 15.3. The predicted molar refractivity (Wildman–Crippen MR) is 136 cm³/mol. The van der Waals surface area contributed by atoms with Crippen LogP contribution in [0.1, 0.15) is 107 Å². The number of aliphatic carboxylic acids is 1. The van der Waals surface area contributed by atoms with Crippen molar-refractivity contribution in [3.8, 4) is 5.75 Å². The first-order chi connectivity index (χ1) is 17.8. The minimum Gasteiger partial charge on any atom is -0.493 e. The molecule has 0 fully saturated rings. The van der Waals surface area contributed by atoms with Crippen molar-refractivity contribution in [2.24, 2.45) is 10.2 Å². The Hall–Kier alpha value is -2.42. The highest BCUT2D eigenvalue weighted by Gasteiger charge is 2.65. The minimum absolute atomic E-state index is 0.0915. The third-order valence-corrected chi connectivity index (χ3v) is 6.54. The van der Waals surface area contributed by atoms with E-state index in [1.807, 2.05) is 0 Å². The number of ether oxygens (including phenoxy) is 1. The smallest absolute Gasteiger partial charge is 0.442 e. The van der Waals surface area contributed by atoms with E-state index in [4.69, 9.17) is 9.84 Å². The summed E-state index contributed by atoms with van der Waals surface area (Å²) in [5.74, 6) is -0.452. The number of allylic oxidation sites excluding steroid dienone is 2. The molecule has 6 nitrogen and oxygen atoms in total. The SMILES string of the molecule is O=C(O)CCCCCCCC/C=C\CCCCCCCCOc1cc(C2(C(F)(F)F)N=N2)ccc1CO. The number of rotatable bonds is 21. The van der Waals surface area contributed by atoms with Crippen LogP contribution in [0.5, 0.6) is 5.75 Å². The second-order valence-corrected chi connectivity index (χ2v) is 9.63. The van der Waals surface area contributed by atoms with Gasteiger partial charge in [0.25, 0.3) is 0 Å². The van der Waals surface area contributed by atoms with E-state index < -0.39 is 17.8 Å². The quantitative estimate of drug-likeness (QED) is 0.125. The number of aliphatic hydroxyl groups is 1. The molecule has 0 radical (unpaired) electrons. The molecule has 1 aliphatic heterocycles. The highest BCUT2D eigenvalue weighted by molar-refractivity contribution is 5.66. The van der Waals surface area contributed by atoms with E-state index in [1.54, 1.807) is 0 Å². The van der Waals surface area contributed by atoms with Gasteiger partial charge in [0, 0.05) is 17.5 Å². The van der Waals surface area contributed by atoms with Crippen LogP contribution in [0.2, 0.25) is 0 Å². The first-order valence-electron chi connectivity index (χ1n) is 13.5. The monoisotopic (exact) mass is 526 g/mol. The molecule has 1 aromatic rings. The maximum absolute atomic E-state index is 13.2. The van der Waals surface area contributed by atoms with E-state index in [0.29, 0.717) is 12.2 Å². The fourth-order valence-corrected chi connectivity index (χ4v) is 4.21. The zero-order valence-corrected chi connectivity index (χ0v) is 21.6. The average Bonchev–Trinajstić information content (AvgIpc) is 3.67. The molecule has 0 spiro atoms. The van der Waals surface area contributed by atoms with E-state index in [0.717, 1.165) is 57.8 Å². The number of halogens is 3. The summed E-state index contributed by atoms with van der Waals surface area (Å²) in [6, 6.07) is 4.01. The van der Waals surface area contributed by atoms with Crippen LogP contribution < -0.4 is 4.74 Å². The van der Waals surface area contributed by atoms with Crippen LogP contribution >= 0.6 is 0 Å². The summed E-state index contributed by atoms with van der Waals surface area (Å²) < 4.78 is 45.4. The number of aliphatic hydroxyl groups excluding tert-OH is 1. The van der Waals surface area contributed by atoms with Gasteiger partial charge >= 0.3 is 17.8 Å². The number of unbranched alkanes of at least 4 members (excludes halogenated alkanes) is 12. The molecule has 0 bridgehead atoms. The van der Waals surface area contributed by atoms with Crippen LogP contribution in [0.4, 0.5) is 13.2 Å². The van der Waals surface area contributed by atoms with Crippen LogP contribution in [0.25, 0.3) is 0 Å². The molecule has 0 amide bonds. The highest BCUT2D eigenvalue weighted by atomic mass is 19.4. The minimum atomic E-state index is -4.59. The zero-order chi connectivity index (χ0) is 27.0. The topological polar surface area (TPSA) is 91.5 Å². The van der Waals surface area contributed by atoms with Gasteiger partial charge in [0.15, 0.2) is 0 Å². The summed E-state index contributed by atoms with van der Waals surface area (Å²) in [5, 5.41) is 24.5. The molecular formula is C28H41F3N2O4. The predicted octanol–water partition coefficient (Wildman–Crippen LogP) is 8.23. The molecule has 2 rings (SSSR count). The summed E-state index contributed by atoms with van der Waals surface area (Å²) in [5.41, 5.74) is -2.13. The molecule has 208 valence electrons. The van der Waals surface area contributed by atoms with Crippen molar-refractivity contribution in [1.82, 2.24) is 0 Å². The zero-order valence-electron chi connectivity index (χ0n) is 21.6. The molecule has 0 aromatic heterocycles. The first kappa shape index (κ1) is 30.8. The van der Waals surface area contributed by atoms with E-state index in [-0.39, 0.29) is 24.3 Å². The van der Waals surface area contributed by atoms with Crippen molar-refractivity contribution in [3.05, 3.63) is 41.5 Å². The van der Waals surface area contributed by atoms with Gasteiger partial charge in [-0.2, -0.15) is 13.2 Å². The van der Waals surface area contributed by atoms with Gasteiger partial charge in [0.05, 0.1) is 13.2 Å². The largest absolute Gasteiger partial charge is 0.493 e. The van der Waals surface area contributed by atoms with Gasteiger partial charge in [0.2, 0.25) is 0 Å². The van der Waals surface area contributed by atoms with Crippen molar-refractivity contribution >= 4 is 5.97 Å². The van der Waals surface area contributed by atoms with Gasteiger partial charge < -0.3 is 14.9 Å². The van der Waals surface area contributed by atoms with Crippen molar-refractivity contribution < 1.29 is 32.9 Å². The molecule has 0 saturated carbocycles. The Labute approximate surface area is 218 Å². The van der Waals surface area contributed by atoms with Crippen LogP contribution in [-0.4, -0.2) is 29.0 Å². The van der Waals surface area contributed by atoms with Crippen LogP contribution in [0.3, 0.4) is 0 Å². The van der Waals surface area contributed by atoms with Gasteiger partial charge in [-0.1, -0.05) is 75.7 Å². The molecule has 1 aliphatic rings. The Kier molecular flexibility index (Phi) is 13.7. The van der Waals surface area contributed by atoms with Crippen LogP contribution in [-0.2, 0) is 17.1 Å². The normalized spacial score (nSPS) is 14.4. The molecule has 0 saturated heterocycles. The van der Waals surface area contributed by atoms with E-state index in [2.05, 4.69) is 22.4 Å². The number of nitrogens with zero attached hydrogens (tertiary/aromatic N) is 2. The molecule has 0 atom stereocenters. The van der Waals surface area contributed by atoms with Crippen molar-refractivity contribution in [2.75, 3.05) is 6.61 Å². The lowest BCUT2D eigenvalue weighted by atomic mass is 10.0. The van der Waals surface area contributed by atoms with Gasteiger partial charge in [-0.25, -0.2) is 0 Å². The summed E-state index contributed by atoms with van der Waals surface area (Å²) >= 11 is 0. The average molecular weight is 527 g/mol. The molecule has 1 aromatic carbocycles. The van der Waals surface area contributed by atoms with Crippen molar-refractivity contribution in [3.63, 3.8) is 0 Å². The van der Waals surface area contributed by atoms with Gasteiger partial charge in [-0.05, 0) is 44.6 Å². The van der Waals surface area contributed by atoms with Gasteiger partial charge in [-0.3, -0.25) is 4.79 Å². The molecule has 9 heteroatoms. The van der Waals surface area contributed by atoms with Gasteiger partial charge in [-0.15, -0.1) is 10.2 Å². The van der Waals surface area contributed by atoms with Crippen molar-refractivity contribution in [2.45, 2.75) is 115 Å². The second kappa shape index (κ2) is 16.4. The van der Waals surface area contributed by atoms with Crippen LogP contribution in [0, 0.1) is 0 Å². The molecule has 1 heterocycles. The highest BCUT2D eigenvalue weighted by Crippen LogP contribution is 2.53. The van der Waals surface area contributed by atoms with Crippen molar-refractivity contribution in [1.29, 1.82) is 0 Å². The van der Waals surface area contributed by atoms with Gasteiger partial charge in [0.1, 0.15) is 5.75 Å². The third kappa shape index (κ3) is 11.2. The van der Waals surface area contributed by atoms with E-state index in [9.17, 15) is 23.1 Å². The summed E-state index contributed by atoms with van der Waals surface area (Å²) in [6.45, 7) is 0.0718. The van der Waals surface area contributed by atoms with E-state index in [1.165, 1.54) is 50.3 Å². The molecule has 0 unspecified atom stereocenters. The second-order valence-electron chi connectivity index (χ2n) is 9.63. The number of benzene rings is 1. The van der Waals surface area contributed by atoms with Crippen LogP contribution in [0.15, 0.2) is 40.6 Å². The Morgan fingerprint density at radius 1 is 0.865 bits per heavy atom. The Bertz CT molecular complexity index is 865. The Balaban J connectivity index is 1.46. The lowest BCUT2D eigenvalue weighted by molar-refractivity contribution is -0.166.